The normalized spacial score (nSPS) is 11.2. The van der Waals surface area contributed by atoms with Crippen molar-refractivity contribution in [3.63, 3.8) is 0 Å². The molecule has 0 saturated carbocycles. The molecule has 0 aromatic heterocycles. The van der Waals surface area contributed by atoms with Gasteiger partial charge in [0.1, 0.15) is 6.10 Å². The Morgan fingerprint density at radius 3 is 2.57 bits per heavy atom. The van der Waals surface area contributed by atoms with Crippen LogP contribution in [-0.2, 0) is 0 Å². The van der Waals surface area contributed by atoms with Crippen LogP contribution in [0, 0.1) is 10.8 Å². The highest BCUT2D eigenvalue weighted by Gasteiger charge is 2.16. The molecule has 0 bridgehead atoms. The average Bonchev–Trinajstić information content (AvgIpc) is 2.35. The first-order chi connectivity index (χ1) is 9.47. The molecular weight excluding hydrogens is 335 g/mol. The summed E-state index contributed by atoms with van der Waals surface area (Å²) in [5, 5.41) is 15.5. The first-order valence-electron chi connectivity index (χ1n) is 6.20. The molecule has 0 aliphatic heterocycles. The third-order valence-electron chi connectivity index (χ3n) is 2.69. The van der Waals surface area contributed by atoms with Gasteiger partial charge in [0, 0.05) is 23.2 Å². The Bertz CT molecular complexity index is 495. The minimum Gasteiger partial charge on any atom is -0.491 e. The third kappa shape index (κ3) is 6.55. The SMILES string of the molecule is COc1c(Cl)cc(Cl)cc1OC(CC=N)CCC(C)=N.Cl. The van der Waals surface area contributed by atoms with Gasteiger partial charge < -0.3 is 20.3 Å². The van der Waals surface area contributed by atoms with Crippen LogP contribution in [0.2, 0.25) is 10.0 Å². The molecule has 21 heavy (non-hydrogen) atoms. The standard InChI is InChI=1S/C14H18Cl2N2O2.ClH/c1-9(18)3-4-11(5-6-17)20-13-8-10(15)7-12(16)14(13)19-2;/h6-8,11,17-18H,3-5H2,1-2H3;1H. The van der Waals surface area contributed by atoms with Crippen molar-refractivity contribution in [2.45, 2.75) is 32.3 Å². The van der Waals surface area contributed by atoms with E-state index in [1.165, 1.54) is 13.3 Å². The van der Waals surface area contributed by atoms with Gasteiger partial charge in [-0.2, -0.15) is 0 Å². The number of halogens is 3. The molecule has 1 atom stereocenters. The van der Waals surface area contributed by atoms with Gasteiger partial charge in [0.15, 0.2) is 11.5 Å². The van der Waals surface area contributed by atoms with Gasteiger partial charge in [0.2, 0.25) is 0 Å². The molecule has 1 rings (SSSR count). The Balaban J connectivity index is 0.00000400. The van der Waals surface area contributed by atoms with E-state index >= 15 is 0 Å². The molecule has 1 aromatic rings. The second kappa shape index (κ2) is 9.87. The van der Waals surface area contributed by atoms with Gasteiger partial charge >= 0.3 is 0 Å². The van der Waals surface area contributed by atoms with Crippen molar-refractivity contribution in [2.75, 3.05) is 7.11 Å². The molecule has 0 aliphatic rings. The number of hydrogen-bond donors (Lipinski definition) is 2. The van der Waals surface area contributed by atoms with Crippen molar-refractivity contribution >= 4 is 47.5 Å². The molecule has 7 heteroatoms. The summed E-state index contributed by atoms with van der Waals surface area (Å²) >= 11 is 12.0. The Hall–Kier alpha value is -0.970. The first kappa shape index (κ1) is 20.0. The van der Waals surface area contributed by atoms with Crippen LogP contribution >= 0.6 is 35.6 Å². The smallest absolute Gasteiger partial charge is 0.179 e. The molecule has 0 aliphatic carbocycles. The molecule has 0 amide bonds. The topological polar surface area (TPSA) is 66.2 Å². The van der Waals surface area contributed by atoms with Crippen molar-refractivity contribution in [2.24, 2.45) is 0 Å². The molecule has 0 radical (unpaired) electrons. The Labute approximate surface area is 141 Å². The van der Waals surface area contributed by atoms with Crippen molar-refractivity contribution in [1.29, 1.82) is 10.8 Å². The summed E-state index contributed by atoms with van der Waals surface area (Å²) in [6.45, 7) is 1.75. The zero-order valence-corrected chi connectivity index (χ0v) is 14.2. The van der Waals surface area contributed by atoms with Gasteiger partial charge in [-0.05, 0) is 32.0 Å². The van der Waals surface area contributed by atoms with Gasteiger partial charge in [-0.15, -0.1) is 12.4 Å². The van der Waals surface area contributed by atoms with E-state index in [4.69, 9.17) is 43.5 Å². The predicted molar refractivity (Wildman–Crippen MR) is 90.7 cm³/mol. The number of rotatable bonds is 8. The minimum atomic E-state index is -0.212. The van der Waals surface area contributed by atoms with Gasteiger partial charge in [0.25, 0.3) is 0 Å². The zero-order valence-electron chi connectivity index (χ0n) is 11.9. The lowest BCUT2D eigenvalue weighted by Gasteiger charge is -2.20. The summed E-state index contributed by atoms with van der Waals surface area (Å²) in [7, 11) is 1.51. The van der Waals surface area contributed by atoms with Crippen LogP contribution in [0.3, 0.4) is 0 Å². The third-order valence-corrected chi connectivity index (χ3v) is 3.19. The highest BCUT2D eigenvalue weighted by atomic mass is 35.5. The fourth-order valence-electron chi connectivity index (χ4n) is 1.74. The first-order valence-corrected chi connectivity index (χ1v) is 6.96. The lowest BCUT2D eigenvalue weighted by Crippen LogP contribution is -2.18. The minimum absolute atomic E-state index is 0. The summed E-state index contributed by atoms with van der Waals surface area (Å²) in [6, 6.07) is 3.22. The van der Waals surface area contributed by atoms with E-state index in [0.717, 1.165) is 0 Å². The maximum absolute atomic E-state index is 7.47. The number of hydrogen-bond acceptors (Lipinski definition) is 4. The van der Waals surface area contributed by atoms with Gasteiger partial charge in [-0.1, -0.05) is 23.2 Å². The number of benzene rings is 1. The molecule has 0 fully saturated rings. The molecule has 1 unspecified atom stereocenters. The molecule has 2 N–H and O–H groups in total. The van der Waals surface area contributed by atoms with Crippen LogP contribution in [0.5, 0.6) is 11.5 Å². The van der Waals surface area contributed by atoms with E-state index in [1.807, 2.05) is 0 Å². The summed E-state index contributed by atoms with van der Waals surface area (Å²) in [5.41, 5.74) is 0.583. The quantitative estimate of drug-likeness (QED) is 0.644. The monoisotopic (exact) mass is 352 g/mol. The largest absolute Gasteiger partial charge is 0.491 e. The molecular formula is C14H19Cl3N2O2. The highest BCUT2D eigenvalue weighted by Crippen LogP contribution is 2.38. The van der Waals surface area contributed by atoms with Crippen LogP contribution in [0.4, 0.5) is 0 Å². The van der Waals surface area contributed by atoms with E-state index in [0.29, 0.717) is 46.5 Å². The summed E-state index contributed by atoms with van der Waals surface area (Å²) in [6.07, 6.45) is 2.81. The van der Waals surface area contributed by atoms with E-state index < -0.39 is 0 Å². The molecule has 0 heterocycles. The maximum atomic E-state index is 7.47. The Morgan fingerprint density at radius 1 is 1.38 bits per heavy atom. The highest BCUT2D eigenvalue weighted by molar-refractivity contribution is 6.35. The van der Waals surface area contributed by atoms with E-state index in [1.54, 1.807) is 19.1 Å². The predicted octanol–water partition coefficient (Wildman–Crippen LogP) is 5.03. The second-order valence-corrected chi connectivity index (χ2v) is 5.26. The Kier molecular flexibility index (Phi) is 9.42. The Morgan fingerprint density at radius 2 is 2.05 bits per heavy atom. The zero-order chi connectivity index (χ0) is 15.1. The van der Waals surface area contributed by atoms with Crippen LogP contribution in [0.1, 0.15) is 26.2 Å². The molecule has 0 saturated heterocycles. The fourth-order valence-corrected chi connectivity index (χ4v) is 2.29. The molecule has 118 valence electrons. The summed E-state index contributed by atoms with van der Waals surface area (Å²) in [4.78, 5) is 0. The summed E-state index contributed by atoms with van der Waals surface area (Å²) in [5.74, 6) is 0.886. The number of ether oxygens (including phenoxy) is 2. The van der Waals surface area contributed by atoms with Gasteiger partial charge in [-0.3, -0.25) is 0 Å². The van der Waals surface area contributed by atoms with Crippen molar-refractivity contribution < 1.29 is 9.47 Å². The molecule has 0 spiro atoms. The van der Waals surface area contributed by atoms with Crippen LogP contribution in [0.25, 0.3) is 0 Å². The fraction of sp³-hybridized carbons (Fsp3) is 0.429. The van der Waals surface area contributed by atoms with Gasteiger partial charge in [-0.25, -0.2) is 0 Å². The lowest BCUT2D eigenvalue weighted by molar-refractivity contribution is 0.194. The molecule has 1 aromatic carbocycles. The van der Waals surface area contributed by atoms with E-state index in [-0.39, 0.29) is 18.5 Å². The maximum Gasteiger partial charge on any atom is 0.179 e. The average molecular weight is 354 g/mol. The second-order valence-electron chi connectivity index (χ2n) is 4.42. The van der Waals surface area contributed by atoms with Crippen molar-refractivity contribution in [3.8, 4) is 11.5 Å². The number of nitrogens with one attached hydrogen (secondary N) is 2. The van der Waals surface area contributed by atoms with Gasteiger partial charge in [0.05, 0.1) is 12.1 Å². The van der Waals surface area contributed by atoms with E-state index in [9.17, 15) is 0 Å². The summed E-state index contributed by atoms with van der Waals surface area (Å²) < 4.78 is 11.1. The van der Waals surface area contributed by atoms with Crippen LogP contribution < -0.4 is 9.47 Å². The van der Waals surface area contributed by atoms with Crippen molar-refractivity contribution in [1.82, 2.24) is 0 Å². The van der Waals surface area contributed by atoms with E-state index in [2.05, 4.69) is 0 Å². The number of methoxy groups -OCH3 is 1. The molecule has 4 nitrogen and oxygen atoms in total. The van der Waals surface area contributed by atoms with Crippen LogP contribution in [0.15, 0.2) is 12.1 Å². The van der Waals surface area contributed by atoms with Crippen molar-refractivity contribution in [3.05, 3.63) is 22.2 Å². The van der Waals surface area contributed by atoms with Crippen LogP contribution in [-0.4, -0.2) is 25.1 Å². The lowest BCUT2D eigenvalue weighted by atomic mass is 10.1.